The molecule has 6 heteroatoms. The first-order valence-electron chi connectivity index (χ1n) is 4.91. The van der Waals surface area contributed by atoms with E-state index in [2.05, 4.69) is 9.99 Å². The smallest absolute Gasteiger partial charge is 0.350 e. The Morgan fingerprint density at radius 2 is 2.00 bits per heavy atom. The third-order valence-electron chi connectivity index (χ3n) is 1.27. The van der Waals surface area contributed by atoms with Crippen LogP contribution in [0.3, 0.4) is 0 Å². The number of rotatable bonds is 6. The highest BCUT2D eigenvalue weighted by Gasteiger charge is 2.15. The van der Waals surface area contributed by atoms with Crippen molar-refractivity contribution in [2.45, 2.75) is 39.2 Å². The van der Waals surface area contributed by atoms with E-state index in [1.165, 1.54) is 0 Å². The molecule has 16 heavy (non-hydrogen) atoms. The summed E-state index contributed by atoms with van der Waals surface area (Å²) in [5, 5.41) is 11.3. The molecule has 0 heterocycles. The van der Waals surface area contributed by atoms with E-state index in [0.717, 1.165) is 0 Å². The van der Waals surface area contributed by atoms with Gasteiger partial charge in [0.15, 0.2) is 6.21 Å². The molecule has 0 bridgehead atoms. The maximum Gasteiger partial charge on any atom is 0.350 e. The summed E-state index contributed by atoms with van der Waals surface area (Å²) >= 11 is 0. The zero-order valence-electron chi connectivity index (χ0n) is 9.73. The van der Waals surface area contributed by atoms with Crippen molar-refractivity contribution in [3.63, 3.8) is 0 Å². The Kier molecular flexibility index (Phi) is 6.14. The van der Waals surface area contributed by atoms with Gasteiger partial charge in [0, 0.05) is 6.42 Å². The third-order valence-corrected chi connectivity index (χ3v) is 1.27. The summed E-state index contributed by atoms with van der Waals surface area (Å²) in [4.78, 5) is 25.8. The molecule has 0 aliphatic heterocycles. The van der Waals surface area contributed by atoms with Crippen LogP contribution in [0.25, 0.3) is 0 Å². The van der Waals surface area contributed by atoms with Crippen LogP contribution in [-0.2, 0) is 19.2 Å². The van der Waals surface area contributed by atoms with Gasteiger partial charge < -0.3 is 14.7 Å². The Labute approximate surface area is 94.2 Å². The van der Waals surface area contributed by atoms with E-state index in [9.17, 15) is 9.59 Å². The molecule has 92 valence electrons. The van der Waals surface area contributed by atoms with Crippen LogP contribution in [0.15, 0.2) is 5.16 Å². The second kappa shape index (κ2) is 6.81. The molecule has 0 radical (unpaired) electrons. The fourth-order valence-corrected chi connectivity index (χ4v) is 0.809. The molecular weight excluding hydrogens is 214 g/mol. The predicted octanol–water partition coefficient (Wildman–Crippen LogP) is 1.20. The monoisotopic (exact) mass is 231 g/mol. The van der Waals surface area contributed by atoms with Crippen molar-refractivity contribution in [1.29, 1.82) is 0 Å². The largest absolute Gasteiger partial charge is 0.477 e. The van der Waals surface area contributed by atoms with Gasteiger partial charge in [-0.15, -0.1) is 0 Å². The highest BCUT2D eigenvalue weighted by molar-refractivity contribution is 6.21. The average molecular weight is 231 g/mol. The minimum Gasteiger partial charge on any atom is -0.477 e. The molecule has 0 aliphatic carbocycles. The van der Waals surface area contributed by atoms with E-state index >= 15 is 0 Å². The summed E-state index contributed by atoms with van der Waals surface area (Å²) in [6.45, 7) is 5.55. The second-order valence-electron chi connectivity index (χ2n) is 4.10. The fourth-order valence-electron chi connectivity index (χ4n) is 0.809. The number of carboxylic acid groups (broad SMARTS) is 1. The average Bonchev–Trinajstić information content (AvgIpc) is 2.07. The van der Waals surface area contributed by atoms with Crippen LogP contribution in [0.5, 0.6) is 0 Å². The normalized spacial score (nSPS) is 11.4. The Balaban J connectivity index is 3.53. The minimum atomic E-state index is -1.17. The quantitative estimate of drug-likeness (QED) is 0.321. The second-order valence-corrected chi connectivity index (χ2v) is 4.10. The van der Waals surface area contributed by atoms with Crippen molar-refractivity contribution >= 4 is 18.2 Å². The number of nitrogens with zero attached hydrogens (tertiary/aromatic N) is 1. The zero-order valence-corrected chi connectivity index (χ0v) is 9.73. The number of aliphatic carboxylic acids is 1. The van der Waals surface area contributed by atoms with Gasteiger partial charge in [0.2, 0.25) is 0 Å². The molecule has 0 fully saturated rings. The first-order valence-corrected chi connectivity index (χ1v) is 4.91. The number of esters is 1. The predicted molar refractivity (Wildman–Crippen MR) is 57.2 cm³/mol. The molecule has 0 aromatic heterocycles. The first-order chi connectivity index (χ1) is 7.31. The molecule has 0 saturated carbocycles. The van der Waals surface area contributed by atoms with Gasteiger partial charge in [-0.2, -0.15) is 0 Å². The molecule has 0 saturated heterocycles. The van der Waals surface area contributed by atoms with Crippen LogP contribution in [0.4, 0.5) is 0 Å². The van der Waals surface area contributed by atoms with Crippen molar-refractivity contribution in [3.05, 3.63) is 0 Å². The molecule has 0 aromatic carbocycles. The number of hydrogen-bond acceptors (Lipinski definition) is 5. The van der Waals surface area contributed by atoms with Gasteiger partial charge in [-0.25, -0.2) is 4.79 Å². The minimum absolute atomic E-state index is 0.184. The van der Waals surface area contributed by atoms with E-state index in [1.54, 1.807) is 20.8 Å². The Morgan fingerprint density at radius 1 is 1.38 bits per heavy atom. The molecule has 0 rings (SSSR count). The lowest BCUT2D eigenvalue weighted by atomic mass is 10.2. The number of ether oxygens (including phenoxy) is 1. The lowest BCUT2D eigenvalue weighted by Gasteiger charge is -2.19. The third kappa shape index (κ3) is 10.5. The lowest BCUT2D eigenvalue weighted by molar-refractivity contribution is -0.155. The fraction of sp³-hybridized carbons (Fsp3) is 0.700. The summed E-state index contributed by atoms with van der Waals surface area (Å²) in [7, 11) is 0. The van der Waals surface area contributed by atoms with Crippen molar-refractivity contribution < 1.29 is 24.3 Å². The van der Waals surface area contributed by atoms with E-state index in [1.807, 2.05) is 0 Å². The molecule has 6 nitrogen and oxygen atoms in total. The first kappa shape index (κ1) is 14.4. The van der Waals surface area contributed by atoms with Gasteiger partial charge in [-0.1, -0.05) is 5.16 Å². The number of oxime groups is 1. The van der Waals surface area contributed by atoms with Crippen molar-refractivity contribution in [2.24, 2.45) is 5.16 Å². The Morgan fingerprint density at radius 3 is 2.50 bits per heavy atom. The highest BCUT2D eigenvalue weighted by Crippen LogP contribution is 2.08. The van der Waals surface area contributed by atoms with Gasteiger partial charge >= 0.3 is 11.9 Å². The molecule has 0 spiro atoms. The molecule has 0 unspecified atom stereocenters. The molecule has 0 aromatic rings. The highest BCUT2D eigenvalue weighted by atomic mass is 16.6. The SMILES string of the molecule is CC(C)(C)OC(=O)CCCO/N=C/C(=O)O. The van der Waals surface area contributed by atoms with Crippen molar-refractivity contribution in [1.82, 2.24) is 0 Å². The van der Waals surface area contributed by atoms with Crippen molar-refractivity contribution in [3.8, 4) is 0 Å². The van der Waals surface area contributed by atoms with Crippen molar-refractivity contribution in [2.75, 3.05) is 6.61 Å². The molecular formula is C10H17NO5. The molecule has 1 N–H and O–H groups in total. The van der Waals surface area contributed by atoms with Crippen LogP contribution in [0.1, 0.15) is 33.6 Å². The lowest BCUT2D eigenvalue weighted by Crippen LogP contribution is -2.23. The summed E-state index contributed by atoms with van der Waals surface area (Å²) < 4.78 is 5.06. The standard InChI is InChI=1S/C10H17NO5/c1-10(2,3)16-9(14)5-4-6-15-11-7-8(12)13/h7H,4-6H2,1-3H3,(H,12,13)/b11-7+. The van der Waals surface area contributed by atoms with Crippen LogP contribution >= 0.6 is 0 Å². The summed E-state index contributed by atoms with van der Waals surface area (Å²) in [6, 6.07) is 0. The van der Waals surface area contributed by atoms with Gasteiger partial charge in [0.05, 0.1) is 0 Å². The zero-order chi connectivity index (χ0) is 12.6. The Hall–Kier alpha value is -1.59. The Bertz CT molecular complexity index is 267. The van der Waals surface area contributed by atoms with Crippen LogP contribution in [-0.4, -0.2) is 35.5 Å². The summed E-state index contributed by atoms with van der Waals surface area (Å²) in [5.41, 5.74) is -0.487. The molecule has 0 aliphatic rings. The number of carboxylic acids is 1. The van der Waals surface area contributed by atoms with E-state index in [0.29, 0.717) is 12.6 Å². The van der Waals surface area contributed by atoms with Gasteiger partial charge in [0.25, 0.3) is 0 Å². The number of carbonyl (C=O) groups is 2. The number of carbonyl (C=O) groups excluding carboxylic acids is 1. The number of hydrogen-bond donors (Lipinski definition) is 1. The maximum absolute atomic E-state index is 11.2. The van der Waals surface area contributed by atoms with Crippen LogP contribution < -0.4 is 0 Å². The van der Waals surface area contributed by atoms with E-state index < -0.39 is 11.6 Å². The van der Waals surface area contributed by atoms with Gasteiger partial charge in [-0.05, 0) is 27.2 Å². The summed E-state index contributed by atoms with van der Waals surface area (Å²) in [5.74, 6) is -1.48. The van der Waals surface area contributed by atoms with Crippen LogP contribution in [0.2, 0.25) is 0 Å². The molecule has 0 atom stereocenters. The van der Waals surface area contributed by atoms with E-state index in [-0.39, 0.29) is 19.0 Å². The van der Waals surface area contributed by atoms with Crippen LogP contribution in [0, 0.1) is 0 Å². The van der Waals surface area contributed by atoms with Gasteiger partial charge in [0.1, 0.15) is 12.2 Å². The topological polar surface area (TPSA) is 85.2 Å². The summed E-state index contributed by atoms with van der Waals surface area (Å²) in [6.07, 6.45) is 1.30. The van der Waals surface area contributed by atoms with Gasteiger partial charge in [-0.3, -0.25) is 4.79 Å². The molecule has 0 amide bonds. The van der Waals surface area contributed by atoms with E-state index in [4.69, 9.17) is 9.84 Å². The maximum atomic E-state index is 11.2.